The molecule has 0 aliphatic rings. The van der Waals surface area contributed by atoms with E-state index in [2.05, 4.69) is 5.32 Å². The summed E-state index contributed by atoms with van der Waals surface area (Å²) in [5, 5.41) is 2.16. The fourth-order valence-corrected chi connectivity index (χ4v) is 2.51. The highest BCUT2D eigenvalue weighted by Gasteiger charge is 2.17. The fourth-order valence-electron chi connectivity index (χ4n) is 1.90. The van der Waals surface area contributed by atoms with Gasteiger partial charge in [0.05, 0.1) is 18.2 Å². The molecule has 0 aliphatic heterocycles. The molecule has 0 heterocycles. The summed E-state index contributed by atoms with van der Waals surface area (Å²) in [6.45, 7) is -0.551. The Morgan fingerprint density at radius 2 is 1.62 bits per heavy atom. The average molecular weight is 439 g/mol. The number of benzene rings is 2. The van der Waals surface area contributed by atoms with Crippen LogP contribution < -0.4 is 10.1 Å². The molecule has 0 radical (unpaired) electrons. The Bertz CT molecular complexity index is 775. The quantitative estimate of drug-likeness (QED) is 0.572. The van der Waals surface area contributed by atoms with E-state index < -0.39 is 24.4 Å². The third kappa shape index (κ3) is 4.54. The number of ether oxygens (including phenoxy) is 2. The van der Waals surface area contributed by atoms with E-state index >= 15 is 0 Å². The van der Waals surface area contributed by atoms with Crippen molar-refractivity contribution in [2.24, 2.45) is 0 Å². The summed E-state index contributed by atoms with van der Waals surface area (Å²) in [4.78, 5) is 35.8. The highest BCUT2D eigenvalue weighted by molar-refractivity contribution is 14.1. The SMILES string of the molecule is COc1ccccc1C(=O)NC(=O)COC(=O)c1ccccc1I. The van der Waals surface area contributed by atoms with Crippen LogP contribution in [0, 0.1) is 3.57 Å². The van der Waals surface area contributed by atoms with Crippen molar-refractivity contribution in [2.45, 2.75) is 0 Å². The number of carbonyl (C=O) groups excluding carboxylic acids is 3. The van der Waals surface area contributed by atoms with Crippen LogP contribution in [0.5, 0.6) is 5.75 Å². The minimum Gasteiger partial charge on any atom is -0.496 e. The lowest BCUT2D eigenvalue weighted by atomic mass is 10.2. The van der Waals surface area contributed by atoms with Gasteiger partial charge in [0.1, 0.15) is 5.75 Å². The standard InChI is InChI=1S/C17H14INO5/c1-23-14-9-5-3-7-12(14)16(21)19-15(20)10-24-17(22)11-6-2-4-8-13(11)18/h2-9H,10H2,1H3,(H,19,20,21). The molecule has 0 unspecified atom stereocenters. The molecule has 2 rings (SSSR count). The molecule has 0 fully saturated rings. The molecule has 0 saturated heterocycles. The van der Waals surface area contributed by atoms with Gasteiger partial charge in [0.2, 0.25) is 0 Å². The van der Waals surface area contributed by atoms with Gasteiger partial charge in [0.15, 0.2) is 6.61 Å². The number of hydrogen-bond acceptors (Lipinski definition) is 5. The average Bonchev–Trinajstić information content (AvgIpc) is 2.60. The van der Waals surface area contributed by atoms with Crippen LogP contribution in [-0.2, 0) is 9.53 Å². The van der Waals surface area contributed by atoms with Gasteiger partial charge in [0, 0.05) is 3.57 Å². The molecule has 7 heteroatoms. The largest absolute Gasteiger partial charge is 0.496 e. The minimum atomic E-state index is -0.717. The second-order valence-corrected chi connectivity index (χ2v) is 5.80. The number of para-hydroxylation sites is 1. The molecule has 0 spiro atoms. The maximum atomic E-state index is 12.0. The zero-order valence-corrected chi connectivity index (χ0v) is 14.9. The normalized spacial score (nSPS) is 9.92. The van der Waals surface area contributed by atoms with E-state index in [9.17, 15) is 14.4 Å². The molecule has 0 bridgehead atoms. The molecule has 0 atom stereocenters. The number of esters is 1. The van der Waals surface area contributed by atoms with Crippen molar-refractivity contribution < 1.29 is 23.9 Å². The van der Waals surface area contributed by atoms with E-state index in [0.29, 0.717) is 14.9 Å². The van der Waals surface area contributed by atoms with Crippen molar-refractivity contribution in [1.82, 2.24) is 5.32 Å². The van der Waals surface area contributed by atoms with E-state index in [-0.39, 0.29) is 5.56 Å². The summed E-state index contributed by atoms with van der Waals surface area (Å²) >= 11 is 2.00. The highest BCUT2D eigenvalue weighted by atomic mass is 127. The monoisotopic (exact) mass is 439 g/mol. The summed E-state index contributed by atoms with van der Waals surface area (Å²) in [6.07, 6.45) is 0. The maximum Gasteiger partial charge on any atom is 0.339 e. The predicted molar refractivity (Wildman–Crippen MR) is 94.9 cm³/mol. The van der Waals surface area contributed by atoms with Crippen molar-refractivity contribution >= 4 is 40.4 Å². The maximum absolute atomic E-state index is 12.0. The first kappa shape index (κ1) is 17.9. The van der Waals surface area contributed by atoms with Crippen LogP contribution in [0.2, 0.25) is 0 Å². The summed E-state index contributed by atoms with van der Waals surface area (Å²) in [5.74, 6) is -1.62. The van der Waals surface area contributed by atoms with Crippen LogP contribution in [0.1, 0.15) is 20.7 Å². The first-order valence-corrected chi connectivity index (χ1v) is 7.99. The molecule has 0 aromatic heterocycles. The van der Waals surface area contributed by atoms with Gasteiger partial charge in [-0.3, -0.25) is 14.9 Å². The Labute approximate surface area is 152 Å². The molecule has 0 aliphatic carbocycles. The number of halogens is 1. The second-order valence-electron chi connectivity index (χ2n) is 4.63. The van der Waals surface area contributed by atoms with Gasteiger partial charge >= 0.3 is 5.97 Å². The van der Waals surface area contributed by atoms with Crippen molar-refractivity contribution in [3.8, 4) is 5.75 Å². The molecular weight excluding hydrogens is 425 g/mol. The van der Waals surface area contributed by atoms with Gasteiger partial charge in [-0.15, -0.1) is 0 Å². The van der Waals surface area contributed by atoms with Crippen LogP contribution in [0.3, 0.4) is 0 Å². The molecule has 2 aromatic carbocycles. The second kappa shape index (κ2) is 8.44. The Kier molecular flexibility index (Phi) is 6.30. The number of amides is 2. The third-order valence-corrected chi connectivity index (χ3v) is 3.97. The van der Waals surface area contributed by atoms with E-state index in [0.717, 1.165) is 0 Å². The lowest BCUT2D eigenvalue weighted by Crippen LogP contribution is -2.34. The van der Waals surface area contributed by atoms with E-state index in [1.165, 1.54) is 13.2 Å². The van der Waals surface area contributed by atoms with E-state index in [1.54, 1.807) is 42.5 Å². The van der Waals surface area contributed by atoms with Gasteiger partial charge in [-0.25, -0.2) is 4.79 Å². The molecule has 0 saturated carbocycles. The van der Waals surface area contributed by atoms with Gasteiger partial charge in [-0.1, -0.05) is 24.3 Å². The number of imide groups is 1. The van der Waals surface area contributed by atoms with Crippen molar-refractivity contribution in [2.75, 3.05) is 13.7 Å². The van der Waals surface area contributed by atoms with E-state index in [4.69, 9.17) is 9.47 Å². The number of methoxy groups -OCH3 is 1. The molecule has 1 N–H and O–H groups in total. The number of nitrogens with one attached hydrogen (secondary N) is 1. The lowest BCUT2D eigenvalue weighted by molar-refractivity contribution is -0.123. The number of hydrogen-bond donors (Lipinski definition) is 1. The summed E-state index contributed by atoms with van der Waals surface area (Å²) in [5.41, 5.74) is 0.583. The van der Waals surface area contributed by atoms with Gasteiger partial charge in [-0.05, 0) is 46.9 Å². The summed E-state index contributed by atoms with van der Waals surface area (Å²) in [6, 6.07) is 13.3. The minimum absolute atomic E-state index is 0.220. The van der Waals surface area contributed by atoms with E-state index in [1.807, 2.05) is 22.6 Å². The molecule has 24 heavy (non-hydrogen) atoms. The summed E-state index contributed by atoms with van der Waals surface area (Å²) < 4.78 is 10.7. The predicted octanol–water partition coefficient (Wildman–Crippen LogP) is 2.41. The number of carbonyl (C=O) groups is 3. The zero-order chi connectivity index (χ0) is 17.5. The van der Waals surface area contributed by atoms with Crippen LogP contribution >= 0.6 is 22.6 Å². The Morgan fingerprint density at radius 1 is 1.00 bits per heavy atom. The van der Waals surface area contributed by atoms with Gasteiger partial charge in [-0.2, -0.15) is 0 Å². The molecule has 2 aromatic rings. The Balaban J connectivity index is 1.93. The van der Waals surface area contributed by atoms with Crippen LogP contribution in [0.15, 0.2) is 48.5 Å². The fraction of sp³-hybridized carbons (Fsp3) is 0.118. The molecule has 2 amide bonds. The van der Waals surface area contributed by atoms with Crippen molar-refractivity contribution in [3.05, 3.63) is 63.2 Å². The molecule has 124 valence electrons. The van der Waals surface area contributed by atoms with Crippen molar-refractivity contribution in [3.63, 3.8) is 0 Å². The Hall–Kier alpha value is -2.42. The summed E-state index contributed by atoms with van der Waals surface area (Å²) in [7, 11) is 1.43. The molecular formula is C17H14INO5. The lowest BCUT2D eigenvalue weighted by Gasteiger charge is -2.09. The third-order valence-electron chi connectivity index (χ3n) is 3.03. The molecule has 6 nitrogen and oxygen atoms in total. The highest BCUT2D eigenvalue weighted by Crippen LogP contribution is 2.16. The van der Waals surface area contributed by atoms with Crippen LogP contribution in [0.25, 0.3) is 0 Å². The van der Waals surface area contributed by atoms with Crippen molar-refractivity contribution in [1.29, 1.82) is 0 Å². The zero-order valence-electron chi connectivity index (χ0n) is 12.7. The first-order chi connectivity index (χ1) is 11.5. The first-order valence-electron chi connectivity index (χ1n) is 6.91. The smallest absolute Gasteiger partial charge is 0.339 e. The van der Waals surface area contributed by atoms with Crippen LogP contribution in [0.4, 0.5) is 0 Å². The number of rotatable bonds is 5. The van der Waals surface area contributed by atoms with Gasteiger partial charge < -0.3 is 9.47 Å². The van der Waals surface area contributed by atoms with Crippen LogP contribution in [-0.4, -0.2) is 31.5 Å². The van der Waals surface area contributed by atoms with Gasteiger partial charge in [0.25, 0.3) is 11.8 Å². The Morgan fingerprint density at radius 3 is 2.29 bits per heavy atom. The topological polar surface area (TPSA) is 81.7 Å².